The van der Waals surface area contributed by atoms with Crippen molar-refractivity contribution in [3.8, 4) is 5.75 Å². The minimum absolute atomic E-state index is 0.00793. The molecule has 4 heterocycles. The van der Waals surface area contributed by atoms with Crippen LogP contribution in [0.3, 0.4) is 0 Å². The number of cyclic esters (lactones) is 1. The summed E-state index contributed by atoms with van der Waals surface area (Å²) in [6.45, 7) is 15.1. The van der Waals surface area contributed by atoms with Gasteiger partial charge in [-0.1, -0.05) is 20.8 Å². The first-order valence-electron chi connectivity index (χ1n) is 27.1. The van der Waals surface area contributed by atoms with Gasteiger partial charge in [-0.3, -0.25) is 24.2 Å². The van der Waals surface area contributed by atoms with E-state index in [9.17, 15) is 29.4 Å². The van der Waals surface area contributed by atoms with Crippen molar-refractivity contribution in [3.63, 3.8) is 0 Å². The fourth-order valence-corrected chi connectivity index (χ4v) is 11.6. The number of ether oxygens (including phenoxy) is 11. The smallest absolute Gasteiger partial charge is 0.309 e. The Morgan fingerprint density at radius 2 is 1.64 bits per heavy atom. The van der Waals surface area contributed by atoms with Gasteiger partial charge in [0.1, 0.15) is 30.2 Å². The predicted octanol–water partition coefficient (Wildman–Crippen LogP) is 5.41. The second-order valence-corrected chi connectivity index (χ2v) is 21.4. The summed E-state index contributed by atoms with van der Waals surface area (Å²) in [5.41, 5.74) is 0.671. The van der Waals surface area contributed by atoms with Crippen molar-refractivity contribution in [2.45, 2.75) is 198 Å². The molecule has 0 saturated carbocycles. The number of nitrogens with zero attached hydrogens (tertiary/aromatic N) is 3. The molecule has 3 saturated heterocycles. The highest BCUT2D eigenvalue weighted by Crippen LogP contribution is 2.43. The highest BCUT2D eigenvalue weighted by molar-refractivity contribution is 5.83. The summed E-state index contributed by atoms with van der Waals surface area (Å²) in [6, 6.07) is 7.07. The molecule has 1 aromatic heterocycles. The van der Waals surface area contributed by atoms with Gasteiger partial charge in [0, 0.05) is 84.5 Å². The number of hydrogen-bond acceptors (Lipinski definition) is 20. The molecule has 0 aliphatic carbocycles. The van der Waals surface area contributed by atoms with Crippen molar-refractivity contribution in [1.29, 1.82) is 0 Å². The van der Waals surface area contributed by atoms with Crippen LogP contribution in [-0.4, -0.2) is 196 Å². The van der Waals surface area contributed by atoms with Gasteiger partial charge in [-0.05, 0) is 116 Å². The minimum Gasteiger partial charge on any atom is -0.497 e. The van der Waals surface area contributed by atoms with E-state index in [-0.39, 0.29) is 38.0 Å². The molecule has 0 radical (unpaired) electrons. The molecule has 20 heteroatoms. The van der Waals surface area contributed by atoms with Crippen LogP contribution in [-0.2, 0) is 73.0 Å². The maximum absolute atomic E-state index is 14.1. The number of aliphatic hydroxyl groups is 2. The molecule has 3 aliphatic rings. The van der Waals surface area contributed by atoms with Crippen LogP contribution in [0, 0.1) is 17.8 Å². The van der Waals surface area contributed by atoms with E-state index in [2.05, 4.69) is 9.88 Å². The first kappa shape index (κ1) is 62.7. The summed E-state index contributed by atoms with van der Waals surface area (Å²) >= 11 is 0. The summed E-state index contributed by atoms with van der Waals surface area (Å²) in [7, 11) is 9.79. The number of rotatable bonds is 19. The number of methoxy groups -OCH3 is 4. The Bertz CT molecular complexity index is 2160. The molecule has 0 unspecified atom stereocenters. The highest BCUT2D eigenvalue weighted by Gasteiger charge is 2.56. The molecule has 430 valence electrons. The second-order valence-electron chi connectivity index (χ2n) is 21.4. The molecule has 0 spiro atoms. The molecule has 0 bridgehead atoms. The third-order valence-corrected chi connectivity index (χ3v) is 15.5. The summed E-state index contributed by atoms with van der Waals surface area (Å²) in [5, 5.41) is 26.3. The Morgan fingerprint density at radius 3 is 2.28 bits per heavy atom. The van der Waals surface area contributed by atoms with E-state index >= 15 is 0 Å². The normalized spacial score (nSPS) is 33.5. The van der Waals surface area contributed by atoms with Crippen LogP contribution in [0.15, 0.2) is 30.5 Å². The number of pyridine rings is 1. The molecular formula is C56H89N3O17. The van der Waals surface area contributed by atoms with Crippen LogP contribution >= 0.6 is 0 Å². The predicted molar refractivity (Wildman–Crippen MR) is 280 cm³/mol. The van der Waals surface area contributed by atoms with Gasteiger partial charge in [0.05, 0.1) is 55.6 Å². The molecule has 2 aromatic rings. The van der Waals surface area contributed by atoms with Crippen LogP contribution in [0.4, 0.5) is 0 Å². The Hall–Kier alpha value is -4.09. The molecule has 2 N–H and O–H groups in total. The molecule has 20 nitrogen and oxygen atoms in total. The molecule has 16 atom stereocenters. The van der Waals surface area contributed by atoms with Crippen molar-refractivity contribution in [1.82, 2.24) is 14.8 Å². The van der Waals surface area contributed by atoms with Gasteiger partial charge in [0.2, 0.25) is 0 Å². The molecular weight excluding hydrogens is 987 g/mol. The lowest BCUT2D eigenvalue weighted by molar-refractivity contribution is -0.320. The fraction of sp³-hybridized carbons (Fsp3) is 0.768. The number of carbonyl (C=O) groups is 4. The number of β-amino-alcohol motifs (C(OH)–C–C–N with tert-alkyl or cyclic N) is 1. The summed E-state index contributed by atoms with van der Waals surface area (Å²) in [5.74, 6) is -3.26. The molecule has 76 heavy (non-hydrogen) atoms. The largest absolute Gasteiger partial charge is 0.497 e. The van der Waals surface area contributed by atoms with Crippen molar-refractivity contribution in [2.24, 2.45) is 17.8 Å². The number of aromatic nitrogens is 1. The number of benzene rings is 1. The monoisotopic (exact) mass is 1080 g/mol. The van der Waals surface area contributed by atoms with Gasteiger partial charge >= 0.3 is 23.9 Å². The number of esters is 4. The Balaban J connectivity index is 1.53. The zero-order valence-electron chi connectivity index (χ0n) is 47.5. The van der Waals surface area contributed by atoms with Crippen LogP contribution in [0.5, 0.6) is 5.75 Å². The quantitative estimate of drug-likeness (QED) is 0.102. The van der Waals surface area contributed by atoms with Crippen LogP contribution in [0.1, 0.15) is 112 Å². The number of carbonyl (C=O) groups excluding carboxylic acids is 4. The van der Waals surface area contributed by atoms with Crippen LogP contribution in [0.25, 0.3) is 10.9 Å². The molecule has 3 aliphatic heterocycles. The van der Waals surface area contributed by atoms with E-state index < -0.39 is 121 Å². The standard InChI is InChI=1S/C56H89N3O17/c1-15-44(62)73-43-29-46(64)70-33(4)22-25-59(24-17-18-37-21-23-57-41-20-19-39(66-11)28-40(37)41)31-42(61)32(3)26-38(27-47(67-12)68-13)49(53(43)69-14)54-51(65)50(58(9)10)52(34(5)72-54)75-48-30-56(8,76-36(7)60)55(35(6)71-48)74-45(63)16-2/h19-21,23,28,32-35,38,42-43,47-55,61,65H,15-18,22,24-27,29-31H2,1-14H3/t32-,33-,34-,35+,38-,42+,43-,48-,49+,50-,51-,52-,53-,54+,55+,56-/m1/s1. The van der Waals surface area contributed by atoms with E-state index in [1.807, 2.05) is 70.2 Å². The van der Waals surface area contributed by atoms with E-state index in [1.165, 1.54) is 28.3 Å². The van der Waals surface area contributed by atoms with Gasteiger partial charge in [0.25, 0.3) is 0 Å². The van der Waals surface area contributed by atoms with Crippen LogP contribution in [0.2, 0.25) is 0 Å². The molecule has 1 aromatic carbocycles. The summed E-state index contributed by atoms with van der Waals surface area (Å²) < 4.78 is 67.6. The highest BCUT2D eigenvalue weighted by atomic mass is 16.7. The summed E-state index contributed by atoms with van der Waals surface area (Å²) in [4.78, 5) is 61.2. The van der Waals surface area contributed by atoms with E-state index in [1.54, 1.807) is 34.8 Å². The first-order valence-corrected chi connectivity index (χ1v) is 27.1. The average molecular weight is 1080 g/mol. The van der Waals surface area contributed by atoms with E-state index in [4.69, 9.17) is 52.1 Å². The average Bonchev–Trinajstić information content (AvgIpc) is 3.37. The van der Waals surface area contributed by atoms with E-state index in [0.29, 0.717) is 32.5 Å². The third-order valence-electron chi connectivity index (χ3n) is 15.5. The third kappa shape index (κ3) is 16.5. The summed E-state index contributed by atoms with van der Waals surface area (Å²) in [6.07, 6.45) is -7.12. The topological polar surface area (TPSA) is 230 Å². The maximum Gasteiger partial charge on any atom is 0.309 e. The number of likely N-dealkylation sites (N-methyl/N-ethyl adjacent to an activating group) is 1. The van der Waals surface area contributed by atoms with E-state index in [0.717, 1.165) is 35.1 Å². The van der Waals surface area contributed by atoms with Crippen molar-refractivity contribution < 1.29 is 81.5 Å². The Kier molecular flexibility index (Phi) is 24.1. The number of fused-ring (bicyclic) bond motifs is 1. The van der Waals surface area contributed by atoms with Crippen molar-refractivity contribution >= 4 is 34.8 Å². The zero-order valence-corrected chi connectivity index (χ0v) is 47.5. The molecule has 3 fully saturated rings. The second kappa shape index (κ2) is 29.2. The lowest BCUT2D eigenvalue weighted by atomic mass is 9.70. The van der Waals surface area contributed by atoms with Crippen molar-refractivity contribution in [3.05, 3.63) is 36.0 Å². The van der Waals surface area contributed by atoms with Gasteiger partial charge in [-0.25, -0.2) is 0 Å². The van der Waals surface area contributed by atoms with Crippen LogP contribution < -0.4 is 4.74 Å². The number of aryl methyl sites for hydroxylation is 1. The first-order chi connectivity index (χ1) is 36.1. The SMILES string of the molecule is CCC(=O)O[C@@H]1CC(=O)O[C@H](C)CCN(CCCc2ccnc3ccc(OC)cc23)C[C@H](O)[C@H](C)C[C@H](CC(OC)OC)[C@H]([C@@H]2O[C@H](C)[C@@H](O[C@@H]3C[C@@](C)(OC(C)=O)[C@@H](OC(=O)CC)[C@H](C)O3)[C@H](N(C)C)[C@H]2O)[C@@H]1OC. The molecule has 5 rings (SSSR count). The fourth-order valence-electron chi connectivity index (χ4n) is 11.6. The Morgan fingerprint density at radius 1 is 0.947 bits per heavy atom. The van der Waals surface area contributed by atoms with Crippen molar-refractivity contribution in [2.75, 3.05) is 62.2 Å². The van der Waals surface area contributed by atoms with Gasteiger partial charge in [-0.15, -0.1) is 0 Å². The number of aliphatic hydroxyl groups excluding tert-OH is 2. The van der Waals surface area contributed by atoms with Gasteiger partial charge in [-0.2, -0.15) is 0 Å². The lowest BCUT2D eigenvalue weighted by Crippen LogP contribution is -2.67. The van der Waals surface area contributed by atoms with Gasteiger partial charge in [0.15, 0.2) is 24.3 Å². The lowest BCUT2D eigenvalue weighted by Gasteiger charge is -2.53. The molecule has 0 amide bonds. The maximum atomic E-state index is 14.1. The van der Waals surface area contributed by atoms with Gasteiger partial charge < -0.3 is 72.1 Å². The zero-order chi connectivity index (χ0) is 56.0. The number of hydrogen-bond donors (Lipinski definition) is 2. The minimum atomic E-state index is -1.34. The Labute approximate surface area is 449 Å².